The van der Waals surface area contributed by atoms with Gasteiger partial charge in [0, 0.05) is 6.42 Å². The molecule has 1 N–H and O–H groups in total. The van der Waals surface area contributed by atoms with Crippen molar-refractivity contribution >= 4 is 0 Å². The van der Waals surface area contributed by atoms with Crippen LogP contribution < -0.4 is 0 Å². The van der Waals surface area contributed by atoms with Crippen LogP contribution in [0.5, 0.6) is 0 Å². The smallest absolute Gasteiger partial charge is 0.0837 e. The van der Waals surface area contributed by atoms with Crippen molar-refractivity contribution in [3.05, 3.63) is 35.9 Å². The third-order valence-electron chi connectivity index (χ3n) is 2.07. The van der Waals surface area contributed by atoms with E-state index in [1.165, 1.54) is 0 Å². The van der Waals surface area contributed by atoms with Gasteiger partial charge in [-0.3, -0.25) is 0 Å². The van der Waals surface area contributed by atoms with Gasteiger partial charge in [-0.15, -0.1) is 0 Å². The molecule has 0 amide bonds. The average Bonchev–Trinajstić information content (AvgIpc) is 2.90. The van der Waals surface area contributed by atoms with E-state index in [1.807, 2.05) is 30.3 Å². The van der Waals surface area contributed by atoms with Crippen LogP contribution in [0, 0.1) is 0 Å². The zero-order valence-electron chi connectivity index (χ0n) is 6.81. The highest BCUT2D eigenvalue weighted by molar-refractivity contribution is 5.17. The zero-order chi connectivity index (χ0) is 8.39. The van der Waals surface area contributed by atoms with Crippen LogP contribution in [0.4, 0.5) is 0 Å². The Morgan fingerprint density at radius 2 is 2.08 bits per heavy atom. The Morgan fingerprint density at radius 1 is 1.42 bits per heavy atom. The zero-order valence-corrected chi connectivity index (χ0v) is 6.81. The normalized spacial score (nSPS) is 23.6. The van der Waals surface area contributed by atoms with E-state index in [0.717, 1.165) is 18.6 Å². The number of hydrogen-bond donors (Lipinski definition) is 1. The standard InChI is InChI=1S/C10H12O2/c11-10(6-9-7-12-9)8-4-2-1-3-5-8/h1-5,9-11H,6-7H2. The molecule has 2 rings (SSSR count). The summed E-state index contributed by atoms with van der Waals surface area (Å²) < 4.78 is 5.04. The SMILES string of the molecule is OC(CC1CO1)c1ccccc1. The number of rotatable bonds is 3. The van der Waals surface area contributed by atoms with Gasteiger partial charge in [-0.1, -0.05) is 30.3 Å². The highest BCUT2D eigenvalue weighted by Crippen LogP contribution is 2.24. The van der Waals surface area contributed by atoms with Crippen molar-refractivity contribution in [1.29, 1.82) is 0 Å². The summed E-state index contributed by atoms with van der Waals surface area (Å²) in [6.07, 6.45) is 0.656. The first kappa shape index (κ1) is 7.77. The van der Waals surface area contributed by atoms with Gasteiger partial charge >= 0.3 is 0 Å². The first-order valence-corrected chi connectivity index (χ1v) is 4.21. The van der Waals surface area contributed by atoms with Crippen molar-refractivity contribution in [2.45, 2.75) is 18.6 Å². The second-order valence-electron chi connectivity index (χ2n) is 3.12. The molecule has 1 heterocycles. The second-order valence-corrected chi connectivity index (χ2v) is 3.12. The summed E-state index contributed by atoms with van der Waals surface area (Å²) in [5.41, 5.74) is 0.980. The maximum atomic E-state index is 9.65. The summed E-state index contributed by atoms with van der Waals surface area (Å²) in [6, 6.07) is 9.70. The fourth-order valence-electron chi connectivity index (χ4n) is 1.26. The molecule has 64 valence electrons. The molecule has 2 unspecified atom stereocenters. The number of benzene rings is 1. The first-order valence-electron chi connectivity index (χ1n) is 4.21. The van der Waals surface area contributed by atoms with Gasteiger partial charge in [-0.2, -0.15) is 0 Å². The molecule has 1 aromatic carbocycles. The van der Waals surface area contributed by atoms with Gasteiger partial charge in [-0.05, 0) is 5.56 Å². The van der Waals surface area contributed by atoms with Gasteiger partial charge in [0.25, 0.3) is 0 Å². The van der Waals surface area contributed by atoms with Crippen molar-refractivity contribution < 1.29 is 9.84 Å². The van der Waals surface area contributed by atoms with Gasteiger partial charge in [-0.25, -0.2) is 0 Å². The largest absolute Gasteiger partial charge is 0.388 e. The van der Waals surface area contributed by atoms with Crippen LogP contribution in [-0.4, -0.2) is 17.8 Å². The molecule has 0 spiro atoms. The van der Waals surface area contributed by atoms with Gasteiger partial charge in [0.2, 0.25) is 0 Å². The van der Waals surface area contributed by atoms with Gasteiger partial charge in [0.1, 0.15) is 0 Å². The summed E-state index contributed by atoms with van der Waals surface area (Å²) >= 11 is 0. The molecule has 2 heteroatoms. The summed E-state index contributed by atoms with van der Waals surface area (Å²) in [4.78, 5) is 0. The first-order chi connectivity index (χ1) is 5.86. The Hall–Kier alpha value is -0.860. The number of epoxide rings is 1. The van der Waals surface area contributed by atoms with Gasteiger partial charge in [0.05, 0.1) is 18.8 Å². The molecule has 0 radical (unpaired) electrons. The van der Waals surface area contributed by atoms with Crippen LogP contribution in [0.2, 0.25) is 0 Å². The summed E-state index contributed by atoms with van der Waals surface area (Å²) in [5.74, 6) is 0. The molecule has 2 atom stereocenters. The maximum Gasteiger partial charge on any atom is 0.0837 e. The lowest BCUT2D eigenvalue weighted by molar-refractivity contribution is 0.154. The summed E-state index contributed by atoms with van der Waals surface area (Å²) in [7, 11) is 0. The summed E-state index contributed by atoms with van der Waals surface area (Å²) in [6.45, 7) is 0.809. The average molecular weight is 164 g/mol. The Morgan fingerprint density at radius 3 is 2.67 bits per heavy atom. The van der Waals surface area contributed by atoms with Gasteiger partial charge in [0.15, 0.2) is 0 Å². The fraction of sp³-hybridized carbons (Fsp3) is 0.400. The molecule has 0 bridgehead atoms. The van der Waals surface area contributed by atoms with E-state index >= 15 is 0 Å². The molecule has 2 nitrogen and oxygen atoms in total. The molecular weight excluding hydrogens is 152 g/mol. The Bertz CT molecular complexity index is 241. The van der Waals surface area contributed by atoms with Crippen LogP contribution in [0.15, 0.2) is 30.3 Å². The predicted octanol–water partition coefficient (Wildman–Crippen LogP) is 1.51. The minimum atomic E-state index is -0.362. The minimum Gasteiger partial charge on any atom is -0.388 e. The topological polar surface area (TPSA) is 32.8 Å². The fourth-order valence-corrected chi connectivity index (χ4v) is 1.26. The number of aliphatic hydroxyl groups is 1. The second kappa shape index (κ2) is 3.25. The number of hydrogen-bond acceptors (Lipinski definition) is 2. The van der Waals surface area contributed by atoms with E-state index in [4.69, 9.17) is 4.74 Å². The Labute approximate surface area is 71.8 Å². The molecule has 1 aliphatic heterocycles. The predicted molar refractivity (Wildman–Crippen MR) is 45.8 cm³/mol. The van der Waals surface area contributed by atoms with Crippen molar-refractivity contribution in [2.75, 3.05) is 6.61 Å². The van der Waals surface area contributed by atoms with E-state index in [-0.39, 0.29) is 6.10 Å². The van der Waals surface area contributed by atoms with Crippen molar-refractivity contribution in [3.8, 4) is 0 Å². The molecule has 1 fully saturated rings. The van der Waals surface area contributed by atoms with Crippen molar-refractivity contribution in [2.24, 2.45) is 0 Å². The molecular formula is C10H12O2. The molecule has 0 saturated carbocycles. The number of ether oxygens (including phenoxy) is 1. The lowest BCUT2D eigenvalue weighted by atomic mass is 10.1. The maximum absolute atomic E-state index is 9.65. The van der Waals surface area contributed by atoms with E-state index in [1.54, 1.807) is 0 Å². The minimum absolute atomic E-state index is 0.292. The highest BCUT2D eigenvalue weighted by Gasteiger charge is 2.26. The molecule has 0 aliphatic carbocycles. The van der Waals surface area contributed by atoms with Crippen LogP contribution in [0.1, 0.15) is 18.1 Å². The van der Waals surface area contributed by atoms with E-state index in [0.29, 0.717) is 6.10 Å². The van der Waals surface area contributed by atoms with Gasteiger partial charge < -0.3 is 9.84 Å². The summed E-state index contributed by atoms with van der Waals surface area (Å²) in [5, 5.41) is 9.65. The van der Waals surface area contributed by atoms with Crippen LogP contribution in [-0.2, 0) is 4.74 Å². The molecule has 12 heavy (non-hydrogen) atoms. The lowest BCUT2D eigenvalue weighted by Gasteiger charge is -2.07. The van der Waals surface area contributed by atoms with Crippen LogP contribution in [0.25, 0.3) is 0 Å². The third kappa shape index (κ3) is 1.84. The third-order valence-corrected chi connectivity index (χ3v) is 2.07. The van der Waals surface area contributed by atoms with Crippen molar-refractivity contribution in [1.82, 2.24) is 0 Å². The molecule has 1 saturated heterocycles. The van der Waals surface area contributed by atoms with Crippen LogP contribution in [0.3, 0.4) is 0 Å². The molecule has 1 aromatic rings. The molecule has 1 aliphatic rings. The lowest BCUT2D eigenvalue weighted by Crippen LogP contribution is -2.00. The number of aliphatic hydroxyl groups excluding tert-OH is 1. The molecule has 0 aromatic heterocycles. The van der Waals surface area contributed by atoms with E-state index in [9.17, 15) is 5.11 Å². The quantitative estimate of drug-likeness (QED) is 0.687. The Balaban J connectivity index is 1.98. The Kier molecular flexibility index (Phi) is 2.11. The van der Waals surface area contributed by atoms with E-state index < -0.39 is 0 Å². The highest BCUT2D eigenvalue weighted by atomic mass is 16.6. The monoisotopic (exact) mass is 164 g/mol. The van der Waals surface area contributed by atoms with Crippen molar-refractivity contribution in [3.63, 3.8) is 0 Å². The van der Waals surface area contributed by atoms with Crippen LogP contribution >= 0.6 is 0 Å². The van der Waals surface area contributed by atoms with E-state index in [2.05, 4.69) is 0 Å².